The molecule has 0 N–H and O–H groups in total. The first kappa shape index (κ1) is 6.62. The molecular formula is C5H10BBrN. The third-order valence-corrected chi connectivity index (χ3v) is 2.26. The topological polar surface area (TPSA) is 3.24 Å². The fourth-order valence-electron chi connectivity index (χ4n) is 1.10. The first-order valence-electron chi connectivity index (χ1n) is 3.04. The van der Waals surface area contributed by atoms with Crippen LogP contribution < -0.4 is 0 Å². The molecule has 8 heavy (non-hydrogen) atoms. The Morgan fingerprint density at radius 2 is 2.50 bits per heavy atom. The predicted octanol–water partition coefficient (Wildman–Crippen LogP) is 1.40. The second-order valence-corrected chi connectivity index (χ2v) is 2.74. The molecule has 1 radical (unpaired) electrons. The summed E-state index contributed by atoms with van der Waals surface area (Å²) in [5.41, 5.74) is 0. The molecule has 0 aromatic carbocycles. The summed E-state index contributed by atoms with van der Waals surface area (Å²) in [6.45, 7) is 3.48. The maximum Gasteiger partial charge on any atom is 0.301 e. The molecule has 1 fully saturated rings. The second-order valence-electron chi connectivity index (χ2n) is 2.33. The van der Waals surface area contributed by atoms with Gasteiger partial charge in [-0.25, -0.2) is 0 Å². The van der Waals surface area contributed by atoms with Gasteiger partial charge in [0.25, 0.3) is 0 Å². The van der Waals surface area contributed by atoms with E-state index in [2.05, 4.69) is 27.5 Å². The highest BCUT2D eigenvalue weighted by molar-refractivity contribution is 9.23. The quantitative estimate of drug-likeness (QED) is 0.544. The largest absolute Gasteiger partial charge is 0.334 e. The van der Waals surface area contributed by atoms with Gasteiger partial charge in [-0.15, -0.1) is 15.8 Å². The van der Waals surface area contributed by atoms with Crippen molar-refractivity contribution in [3.8, 4) is 0 Å². The normalized spacial score (nSPS) is 31.0. The Bertz CT molecular complexity index is 78.8. The van der Waals surface area contributed by atoms with Crippen LogP contribution in [0.5, 0.6) is 0 Å². The first-order chi connectivity index (χ1) is 3.84. The van der Waals surface area contributed by atoms with Crippen LogP contribution >= 0.6 is 15.8 Å². The molecule has 3 heteroatoms. The lowest BCUT2D eigenvalue weighted by Crippen LogP contribution is -2.27. The van der Waals surface area contributed by atoms with Gasteiger partial charge in [-0.1, -0.05) is 6.92 Å². The van der Waals surface area contributed by atoms with E-state index in [0.29, 0.717) is 0 Å². The van der Waals surface area contributed by atoms with Crippen molar-refractivity contribution < 1.29 is 0 Å². The number of hydrogen-bond acceptors (Lipinski definition) is 1. The molecular weight excluding hydrogens is 165 g/mol. The molecule has 1 heterocycles. The molecule has 0 spiro atoms. The van der Waals surface area contributed by atoms with E-state index >= 15 is 0 Å². The van der Waals surface area contributed by atoms with E-state index < -0.39 is 0 Å². The van der Waals surface area contributed by atoms with Gasteiger partial charge in [-0.2, -0.15) is 0 Å². The monoisotopic (exact) mass is 174 g/mol. The molecule has 1 rings (SSSR count). The molecule has 0 aromatic rings. The van der Waals surface area contributed by atoms with Crippen molar-refractivity contribution in [2.24, 2.45) is 0 Å². The molecule has 1 unspecified atom stereocenters. The van der Waals surface area contributed by atoms with Gasteiger partial charge >= 0.3 is 6.24 Å². The molecule has 1 atom stereocenters. The maximum absolute atomic E-state index is 3.32. The SMILES string of the molecule is CC1CCCN1[B]Br. The Morgan fingerprint density at radius 3 is 2.75 bits per heavy atom. The Kier molecular flexibility index (Phi) is 2.38. The van der Waals surface area contributed by atoms with E-state index in [1.54, 1.807) is 0 Å². The van der Waals surface area contributed by atoms with Crippen molar-refractivity contribution >= 4 is 22.0 Å². The highest BCUT2D eigenvalue weighted by atomic mass is 79.9. The Balaban J connectivity index is 2.30. The zero-order valence-corrected chi connectivity index (χ0v) is 6.69. The van der Waals surface area contributed by atoms with Crippen molar-refractivity contribution in [3.05, 3.63) is 0 Å². The highest BCUT2D eigenvalue weighted by Crippen LogP contribution is 2.15. The van der Waals surface area contributed by atoms with Gasteiger partial charge in [0, 0.05) is 0 Å². The average Bonchev–Trinajstić information content (AvgIpc) is 2.14. The summed E-state index contributed by atoms with van der Waals surface area (Å²) >= 11 is 3.32. The van der Waals surface area contributed by atoms with Crippen LogP contribution in [0.4, 0.5) is 0 Å². The minimum absolute atomic E-state index is 0.759. The molecule has 0 amide bonds. The minimum Gasteiger partial charge on any atom is -0.334 e. The Labute approximate surface area is 59.7 Å². The lowest BCUT2D eigenvalue weighted by atomic mass is 10.2. The molecule has 0 saturated carbocycles. The summed E-state index contributed by atoms with van der Waals surface area (Å²) in [4.78, 5) is 2.32. The molecule has 1 aliphatic rings. The van der Waals surface area contributed by atoms with E-state index in [1.807, 2.05) is 6.24 Å². The van der Waals surface area contributed by atoms with Crippen molar-refractivity contribution in [3.63, 3.8) is 0 Å². The van der Waals surface area contributed by atoms with Crippen LogP contribution in [0, 0.1) is 0 Å². The number of halogens is 1. The fraction of sp³-hybridized carbons (Fsp3) is 1.00. The summed E-state index contributed by atoms with van der Waals surface area (Å²) < 4.78 is 0. The zero-order valence-electron chi connectivity index (χ0n) is 5.10. The van der Waals surface area contributed by atoms with E-state index in [-0.39, 0.29) is 0 Å². The van der Waals surface area contributed by atoms with Crippen molar-refractivity contribution in [2.45, 2.75) is 25.8 Å². The number of nitrogens with zero attached hydrogens (tertiary/aromatic N) is 1. The number of rotatable bonds is 1. The molecule has 0 bridgehead atoms. The average molecular weight is 175 g/mol. The summed E-state index contributed by atoms with van der Waals surface area (Å²) in [5.74, 6) is 0. The van der Waals surface area contributed by atoms with E-state index in [4.69, 9.17) is 0 Å². The summed E-state index contributed by atoms with van der Waals surface area (Å²) in [5, 5.41) is 0. The molecule has 1 aliphatic heterocycles. The van der Waals surface area contributed by atoms with Gasteiger partial charge in [-0.3, -0.25) is 0 Å². The van der Waals surface area contributed by atoms with E-state index in [0.717, 1.165) is 6.04 Å². The predicted molar refractivity (Wildman–Crippen MR) is 40.1 cm³/mol. The van der Waals surface area contributed by atoms with Gasteiger partial charge in [0.2, 0.25) is 0 Å². The summed E-state index contributed by atoms with van der Waals surface area (Å²) in [7, 11) is 0. The molecule has 0 aromatic heterocycles. The van der Waals surface area contributed by atoms with Crippen LogP contribution in [-0.4, -0.2) is 23.6 Å². The fourth-order valence-corrected chi connectivity index (χ4v) is 1.71. The van der Waals surface area contributed by atoms with Crippen molar-refractivity contribution in [1.82, 2.24) is 4.81 Å². The van der Waals surface area contributed by atoms with Gasteiger partial charge in [0.15, 0.2) is 0 Å². The van der Waals surface area contributed by atoms with Gasteiger partial charge in [-0.05, 0) is 25.4 Å². The lowest BCUT2D eigenvalue weighted by molar-refractivity contribution is 0.447. The minimum atomic E-state index is 0.759. The number of hydrogen-bond donors (Lipinski definition) is 0. The van der Waals surface area contributed by atoms with Gasteiger partial charge < -0.3 is 4.81 Å². The molecule has 1 saturated heterocycles. The molecule has 1 nitrogen and oxygen atoms in total. The Morgan fingerprint density at radius 1 is 1.75 bits per heavy atom. The molecule has 45 valence electrons. The smallest absolute Gasteiger partial charge is 0.301 e. The van der Waals surface area contributed by atoms with Crippen LogP contribution in [0.3, 0.4) is 0 Å². The standard InChI is InChI=1S/C5H10BBrN/c1-5-3-2-4-8(5)6-7/h5H,2-4H2,1H3. The van der Waals surface area contributed by atoms with Gasteiger partial charge in [0.05, 0.1) is 0 Å². The maximum atomic E-state index is 3.32. The first-order valence-corrected chi connectivity index (χ1v) is 3.95. The van der Waals surface area contributed by atoms with Crippen LogP contribution in [0.1, 0.15) is 19.8 Å². The van der Waals surface area contributed by atoms with Gasteiger partial charge in [0.1, 0.15) is 0 Å². The van der Waals surface area contributed by atoms with Crippen LogP contribution in [0.2, 0.25) is 0 Å². The molecule has 0 aliphatic carbocycles. The van der Waals surface area contributed by atoms with Crippen molar-refractivity contribution in [2.75, 3.05) is 6.54 Å². The zero-order chi connectivity index (χ0) is 5.98. The van der Waals surface area contributed by atoms with Crippen molar-refractivity contribution in [1.29, 1.82) is 0 Å². The van der Waals surface area contributed by atoms with Crippen LogP contribution in [-0.2, 0) is 0 Å². The Hall–Kier alpha value is 0.505. The third-order valence-electron chi connectivity index (χ3n) is 1.73. The van der Waals surface area contributed by atoms with E-state index in [1.165, 1.54) is 19.4 Å². The van der Waals surface area contributed by atoms with E-state index in [9.17, 15) is 0 Å². The lowest BCUT2D eigenvalue weighted by Gasteiger charge is -2.15. The summed E-state index contributed by atoms with van der Waals surface area (Å²) in [6.07, 6.45) is 4.70. The second kappa shape index (κ2) is 2.88. The third kappa shape index (κ3) is 1.26. The highest BCUT2D eigenvalue weighted by Gasteiger charge is 2.18. The van der Waals surface area contributed by atoms with Crippen LogP contribution in [0.25, 0.3) is 0 Å². The summed E-state index contributed by atoms with van der Waals surface area (Å²) in [6, 6.07) is 0.759. The van der Waals surface area contributed by atoms with Crippen LogP contribution in [0.15, 0.2) is 0 Å².